The van der Waals surface area contributed by atoms with Crippen LogP contribution in [0.5, 0.6) is 0 Å². The van der Waals surface area contributed by atoms with Gasteiger partial charge in [0, 0.05) is 6.07 Å². The van der Waals surface area contributed by atoms with Gasteiger partial charge < -0.3 is 5.73 Å². The first kappa shape index (κ1) is 9.20. The van der Waals surface area contributed by atoms with E-state index in [1.54, 1.807) is 0 Å². The Labute approximate surface area is 73.4 Å². The van der Waals surface area contributed by atoms with Gasteiger partial charge in [0.25, 0.3) is 0 Å². The molecule has 0 aliphatic carbocycles. The first-order valence-electron chi connectivity index (χ1n) is 3.35. The third-order valence-electron chi connectivity index (χ3n) is 1.36. The van der Waals surface area contributed by atoms with Crippen molar-refractivity contribution in [1.29, 1.82) is 0 Å². The lowest BCUT2D eigenvalue weighted by atomic mass is 10.2. The number of rotatable bonds is 0. The summed E-state index contributed by atoms with van der Waals surface area (Å²) in [5.41, 5.74) is 5.42. The molecule has 0 aromatic heterocycles. The van der Waals surface area contributed by atoms with Gasteiger partial charge in [0.1, 0.15) is 0 Å². The third kappa shape index (κ3) is 2.03. The molecule has 0 atom stereocenters. The van der Waals surface area contributed by atoms with Crippen LogP contribution in [0.25, 0.3) is 0 Å². The number of carbonyl (C=O) groups excluding carboxylic acids is 1. The predicted molar refractivity (Wildman–Crippen MR) is 43.7 cm³/mol. The summed E-state index contributed by atoms with van der Waals surface area (Å²) in [6.45, 7) is 0. The van der Waals surface area contributed by atoms with Crippen molar-refractivity contribution in [2.75, 3.05) is 5.73 Å². The summed E-state index contributed by atoms with van der Waals surface area (Å²) in [5.74, 6) is 2.26. The quantitative estimate of drug-likeness (QED) is 0.370. The van der Waals surface area contributed by atoms with E-state index in [4.69, 9.17) is 5.73 Å². The molecule has 0 amide bonds. The van der Waals surface area contributed by atoms with E-state index in [1.807, 2.05) is 0 Å². The van der Waals surface area contributed by atoms with Crippen LogP contribution >= 0.6 is 0 Å². The Bertz CT molecular complexity index is 404. The number of nitrogen functional groups attached to an aromatic ring is 1. The van der Waals surface area contributed by atoms with E-state index in [0.717, 1.165) is 12.1 Å². The van der Waals surface area contributed by atoms with Crippen LogP contribution in [0.15, 0.2) is 12.1 Å². The Hall–Kier alpha value is -1.89. The topological polar surface area (TPSA) is 43.1 Å². The molecule has 0 aliphatic rings. The van der Waals surface area contributed by atoms with Crippen molar-refractivity contribution in [2.45, 2.75) is 0 Å². The fourth-order valence-corrected chi connectivity index (χ4v) is 0.778. The van der Waals surface area contributed by atoms with Gasteiger partial charge in [-0.25, -0.2) is 8.78 Å². The minimum Gasteiger partial charge on any atom is -0.398 e. The van der Waals surface area contributed by atoms with Gasteiger partial charge in [0.2, 0.25) is 0 Å². The molecule has 4 heteroatoms. The first-order valence-corrected chi connectivity index (χ1v) is 3.35. The number of carbonyl (C=O) groups is 1. The third-order valence-corrected chi connectivity index (χ3v) is 1.36. The highest BCUT2D eigenvalue weighted by Gasteiger charge is 2.04. The lowest BCUT2D eigenvalue weighted by Crippen LogP contribution is -1.94. The summed E-state index contributed by atoms with van der Waals surface area (Å²) in [7, 11) is 0. The van der Waals surface area contributed by atoms with Gasteiger partial charge in [-0.1, -0.05) is 5.92 Å². The zero-order valence-corrected chi connectivity index (χ0v) is 6.47. The summed E-state index contributed by atoms with van der Waals surface area (Å²) < 4.78 is 25.1. The fourth-order valence-electron chi connectivity index (χ4n) is 0.778. The highest BCUT2D eigenvalue weighted by atomic mass is 19.2. The average Bonchev–Trinajstić information content (AvgIpc) is 2.09. The Morgan fingerprint density at radius 3 is 2.54 bits per heavy atom. The predicted octanol–water partition coefficient (Wildman–Crippen LogP) is 1.10. The van der Waals surface area contributed by atoms with Gasteiger partial charge in [-0.2, -0.15) is 0 Å². The van der Waals surface area contributed by atoms with E-state index in [0.29, 0.717) is 6.29 Å². The van der Waals surface area contributed by atoms with Crippen molar-refractivity contribution in [3.05, 3.63) is 29.3 Å². The molecule has 13 heavy (non-hydrogen) atoms. The van der Waals surface area contributed by atoms with E-state index < -0.39 is 11.6 Å². The van der Waals surface area contributed by atoms with Crippen LogP contribution in [0.2, 0.25) is 0 Å². The molecule has 0 fully saturated rings. The lowest BCUT2D eigenvalue weighted by Gasteiger charge is -1.98. The van der Waals surface area contributed by atoms with Gasteiger partial charge >= 0.3 is 0 Å². The standard InChI is InChI=1S/C9H5F2NO/c10-7-4-6(2-1-3-13)9(12)5-8(7)11/h3-5H,12H2. The van der Waals surface area contributed by atoms with E-state index in [-0.39, 0.29) is 11.3 Å². The molecule has 0 saturated heterocycles. The smallest absolute Gasteiger partial charge is 0.193 e. The van der Waals surface area contributed by atoms with Gasteiger partial charge in [-0.05, 0) is 12.0 Å². The van der Waals surface area contributed by atoms with Crippen LogP contribution in [0, 0.1) is 23.5 Å². The molecule has 1 aromatic rings. The summed E-state index contributed by atoms with van der Waals surface area (Å²) in [6.07, 6.45) is 0.348. The SMILES string of the molecule is Nc1cc(F)c(F)cc1C#CC=O. The summed E-state index contributed by atoms with van der Waals surface area (Å²) >= 11 is 0. The summed E-state index contributed by atoms with van der Waals surface area (Å²) in [6, 6.07) is 1.67. The van der Waals surface area contributed by atoms with E-state index >= 15 is 0 Å². The number of anilines is 1. The maximum Gasteiger partial charge on any atom is 0.193 e. The van der Waals surface area contributed by atoms with Crippen LogP contribution in [0.4, 0.5) is 14.5 Å². The molecule has 0 spiro atoms. The number of nitrogens with two attached hydrogens (primary N) is 1. The average molecular weight is 181 g/mol. The highest BCUT2D eigenvalue weighted by Crippen LogP contribution is 2.15. The second-order valence-electron chi connectivity index (χ2n) is 2.24. The van der Waals surface area contributed by atoms with Crippen molar-refractivity contribution in [1.82, 2.24) is 0 Å². The molecule has 0 radical (unpaired) electrons. The van der Waals surface area contributed by atoms with Crippen LogP contribution in [-0.4, -0.2) is 6.29 Å². The molecular weight excluding hydrogens is 176 g/mol. The van der Waals surface area contributed by atoms with E-state index in [9.17, 15) is 13.6 Å². The molecule has 1 rings (SSSR count). The van der Waals surface area contributed by atoms with Crippen LogP contribution < -0.4 is 5.73 Å². The minimum atomic E-state index is -1.04. The second-order valence-corrected chi connectivity index (χ2v) is 2.24. The molecule has 66 valence electrons. The van der Waals surface area contributed by atoms with Crippen molar-refractivity contribution in [3.8, 4) is 11.8 Å². The number of hydrogen-bond donors (Lipinski definition) is 1. The van der Waals surface area contributed by atoms with Crippen molar-refractivity contribution in [3.63, 3.8) is 0 Å². The van der Waals surface area contributed by atoms with Crippen molar-refractivity contribution < 1.29 is 13.6 Å². The van der Waals surface area contributed by atoms with Crippen molar-refractivity contribution >= 4 is 12.0 Å². The number of hydrogen-bond acceptors (Lipinski definition) is 2. The maximum atomic E-state index is 12.6. The molecule has 0 saturated carbocycles. The largest absolute Gasteiger partial charge is 0.398 e. The summed E-state index contributed by atoms with van der Waals surface area (Å²) in [5, 5.41) is 0. The molecule has 2 N–H and O–H groups in total. The Morgan fingerprint density at radius 1 is 1.31 bits per heavy atom. The Balaban J connectivity index is 3.23. The molecular formula is C9H5F2NO. The Kier molecular flexibility index (Phi) is 2.60. The van der Waals surface area contributed by atoms with E-state index in [2.05, 4.69) is 11.8 Å². The minimum absolute atomic E-state index is 0.00764. The zero-order chi connectivity index (χ0) is 9.84. The molecule has 2 nitrogen and oxygen atoms in total. The van der Waals surface area contributed by atoms with Gasteiger partial charge in [0.05, 0.1) is 11.3 Å². The number of benzene rings is 1. The van der Waals surface area contributed by atoms with Crippen molar-refractivity contribution in [2.24, 2.45) is 0 Å². The van der Waals surface area contributed by atoms with Gasteiger partial charge in [-0.3, -0.25) is 4.79 Å². The van der Waals surface area contributed by atoms with Gasteiger partial charge in [-0.15, -0.1) is 0 Å². The molecule has 1 aromatic carbocycles. The van der Waals surface area contributed by atoms with Crippen LogP contribution in [-0.2, 0) is 4.79 Å². The van der Waals surface area contributed by atoms with E-state index in [1.165, 1.54) is 0 Å². The molecule has 0 unspecified atom stereocenters. The number of aldehydes is 1. The second kappa shape index (κ2) is 3.68. The monoisotopic (exact) mass is 181 g/mol. The first-order chi connectivity index (χ1) is 6.15. The van der Waals surface area contributed by atoms with Crippen LogP contribution in [0.3, 0.4) is 0 Å². The molecule has 0 heterocycles. The summed E-state index contributed by atoms with van der Waals surface area (Å²) in [4.78, 5) is 9.86. The normalized spacial score (nSPS) is 8.77. The Morgan fingerprint density at radius 2 is 1.92 bits per heavy atom. The number of halogens is 2. The lowest BCUT2D eigenvalue weighted by molar-refractivity contribution is -0.103. The molecule has 0 bridgehead atoms. The highest BCUT2D eigenvalue weighted by molar-refractivity contribution is 5.75. The zero-order valence-electron chi connectivity index (χ0n) is 6.47. The van der Waals surface area contributed by atoms with Crippen LogP contribution in [0.1, 0.15) is 5.56 Å². The fraction of sp³-hybridized carbons (Fsp3) is 0. The maximum absolute atomic E-state index is 12.6. The van der Waals surface area contributed by atoms with Gasteiger partial charge in [0.15, 0.2) is 17.9 Å². The molecule has 0 aliphatic heterocycles.